The average Bonchev–Trinajstić information content (AvgIpc) is 2.24. The van der Waals surface area contributed by atoms with Crippen LogP contribution in [0.15, 0.2) is 18.3 Å². The van der Waals surface area contributed by atoms with E-state index in [0.717, 1.165) is 24.8 Å². The van der Waals surface area contributed by atoms with Crippen LogP contribution in [0.25, 0.3) is 0 Å². The highest BCUT2D eigenvalue weighted by Gasteiger charge is 2.37. The Kier molecular flexibility index (Phi) is 2.92. The molecular weight excluding hydrogens is 202 g/mol. The Bertz CT molecular complexity index is 393. The topological polar surface area (TPSA) is 68.0 Å². The minimum atomic E-state index is -0.180. The van der Waals surface area contributed by atoms with Crippen LogP contribution >= 0.6 is 0 Å². The zero-order valence-corrected chi connectivity index (χ0v) is 9.49. The van der Waals surface area contributed by atoms with Gasteiger partial charge in [-0.2, -0.15) is 0 Å². The molecule has 0 aromatic carbocycles. The minimum absolute atomic E-state index is 0.108. The number of nitrogens with zero attached hydrogens (tertiary/aromatic N) is 1. The Morgan fingerprint density at radius 2 is 2.38 bits per heavy atom. The van der Waals surface area contributed by atoms with Gasteiger partial charge >= 0.3 is 0 Å². The second-order valence-electron chi connectivity index (χ2n) is 4.46. The van der Waals surface area contributed by atoms with Crippen molar-refractivity contribution in [2.24, 2.45) is 5.73 Å². The molecule has 0 aliphatic heterocycles. The number of nitrogens with two attached hydrogens (primary N) is 1. The van der Waals surface area contributed by atoms with Gasteiger partial charge in [-0.15, -0.1) is 0 Å². The van der Waals surface area contributed by atoms with Crippen molar-refractivity contribution < 1.29 is 4.79 Å². The quantitative estimate of drug-likeness (QED) is 0.797. The van der Waals surface area contributed by atoms with Gasteiger partial charge in [0.25, 0.3) is 5.91 Å². The van der Waals surface area contributed by atoms with E-state index in [0.29, 0.717) is 12.2 Å². The Morgan fingerprint density at radius 1 is 1.62 bits per heavy atom. The van der Waals surface area contributed by atoms with Crippen molar-refractivity contribution in [3.8, 4) is 0 Å². The van der Waals surface area contributed by atoms with Crippen LogP contribution in [0.4, 0.5) is 0 Å². The lowest BCUT2D eigenvalue weighted by molar-refractivity contribution is 0.0831. The van der Waals surface area contributed by atoms with E-state index in [-0.39, 0.29) is 11.4 Å². The summed E-state index contributed by atoms with van der Waals surface area (Å²) in [6.07, 6.45) is 4.72. The van der Waals surface area contributed by atoms with E-state index in [2.05, 4.69) is 10.3 Å². The first-order valence-electron chi connectivity index (χ1n) is 5.61. The second kappa shape index (κ2) is 4.22. The number of hydrogen-bond acceptors (Lipinski definition) is 3. The largest absolute Gasteiger partial charge is 0.344 e. The molecule has 16 heavy (non-hydrogen) atoms. The maximum absolute atomic E-state index is 12.0. The van der Waals surface area contributed by atoms with Gasteiger partial charge in [0.2, 0.25) is 0 Å². The summed E-state index contributed by atoms with van der Waals surface area (Å²) in [6, 6.07) is 3.71. The molecule has 0 radical (unpaired) electrons. The summed E-state index contributed by atoms with van der Waals surface area (Å²) in [5.74, 6) is -0.108. The molecule has 4 heteroatoms. The zero-order valence-electron chi connectivity index (χ0n) is 9.49. The molecule has 1 fully saturated rings. The van der Waals surface area contributed by atoms with Crippen molar-refractivity contribution in [2.45, 2.75) is 31.7 Å². The molecule has 1 saturated carbocycles. The van der Waals surface area contributed by atoms with Gasteiger partial charge in [0.15, 0.2) is 0 Å². The van der Waals surface area contributed by atoms with Crippen LogP contribution < -0.4 is 11.1 Å². The second-order valence-corrected chi connectivity index (χ2v) is 4.46. The predicted molar refractivity (Wildman–Crippen MR) is 62.1 cm³/mol. The highest BCUT2D eigenvalue weighted by atomic mass is 16.2. The van der Waals surface area contributed by atoms with E-state index in [1.807, 2.05) is 19.1 Å². The molecule has 0 saturated heterocycles. The molecule has 0 bridgehead atoms. The number of carbonyl (C=O) groups is 1. The number of carbonyl (C=O) groups excluding carboxylic acids is 1. The van der Waals surface area contributed by atoms with Gasteiger partial charge in [0.05, 0.1) is 5.54 Å². The molecule has 0 unspecified atom stereocenters. The molecule has 0 atom stereocenters. The molecule has 1 aromatic heterocycles. The summed E-state index contributed by atoms with van der Waals surface area (Å²) in [4.78, 5) is 16.1. The molecule has 3 N–H and O–H groups in total. The third-order valence-electron chi connectivity index (χ3n) is 3.30. The number of hydrogen-bond donors (Lipinski definition) is 2. The van der Waals surface area contributed by atoms with E-state index in [9.17, 15) is 4.79 Å². The van der Waals surface area contributed by atoms with Gasteiger partial charge < -0.3 is 11.1 Å². The minimum Gasteiger partial charge on any atom is -0.344 e. The Morgan fingerprint density at radius 3 is 2.88 bits per heavy atom. The van der Waals surface area contributed by atoms with Gasteiger partial charge in [0.1, 0.15) is 5.69 Å². The van der Waals surface area contributed by atoms with Gasteiger partial charge in [-0.3, -0.25) is 9.78 Å². The van der Waals surface area contributed by atoms with Crippen LogP contribution in [0.5, 0.6) is 0 Å². The number of rotatable bonds is 3. The Hall–Kier alpha value is -1.42. The number of amides is 1. The summed E-state index contributed by atoms with van der Waals surface area (Å²) >= 11 is 0. The summed E-state index contributed by atoms with van der Waals surface area (Å²) in [5.41, 5.74) is 6.92. The smallest absolute Gasteiger partial charge is 0.270 e. The third kappa shape index (κ3) is 1.93. The lowest BCUT2D eigenvalue weighted by atomic mass is 9.76. The van der Waals surface area contributed by atoms with Crippen LogP contribution in [0, 0.1) is 6.92 Å². The number of pyridine rings is 1. The lowest BCUT2D eigenvalue weighted by Crippen LogP contribution is -2.58. The average molecular weight is 219 g/mol. The number of nitrogens with one attached hydrogen (secondary N) is 1. The first-order valence-corrected chi connectivity index (χ1v) is 5.61. The predicted octanol–water partition coefficient (Wildman–Crippen LogP) is 1.00. The van der Waals surface area contributed by atoms with Crippen LogP contribution in [0.2, 0.25) is 0 Å². The van der Waals surface area contributed by atoms with Crippen molar-refractivity contribution in [3.05, 3.63) is 29.6 Å². The Labute approximate surface area is 95.3 Å². The van der Waals surface area contributed by atoms with E-state index in [1.165, 1.54) is 0 Å². The normalized spacial score (nSPS) is 17.6. The standard InChI is InChI=1S/C12H17N3O/c1-9-4-2-7-14-10(9)11(16)15-12(8-13)5-3-6-12/h2,4,7H,3,5-6,8,13H2,1H3,(H,15,16). The highest BCUT2D eigenvalue weighted by molar-refractivity contribution is 5.94. The van der Waals surface area contributed by atoms with Crippen LogP contribution in [-0.4, -0.2) is 23.0 Å². The van der Waals surface area contributed by atoms with Gasteiger partial charge in [-0.1, -0.05) is 6.07 Å². The summed E-state index contributed by atoms with van der Waals surface area (Å²) in [7, 11) is 0. The van der Waals surface area contributed by atoms with Gasteiger partial charge in [-0.05, 0) is 37.8 Å². The first-order chi connectivity index (χ1) is 7.67. The first kappa shape index (κ1) is 11.1. The van der Waals surface area contributed by atoms with E-state index in [4.69, 9.17) is 5.73 Å². The van der Waals surface area contributed by atoms with Gasteiger partial charge in [-0.25, -0.2) is 0 Å². The fourth-order valence-corrected chi connectivity index (χ4v) is 2.01. The van der Waals surface area contributed by atoms with Crippen molar-refractivity contribution in [3.63, 3.8) is 0 Å². The van der Waals surface area contributed by atoms with E-state index in [1.54, 1.807) is 6.20 Å². The van der Waals surface area contributed by atoms with Crippen LogP contribution in [0.1, 0.15) is 35.3 Å². The van der Waals surface area contributed by atoms with Crippen molar-refractivity contribution in [2.75, 3.05) is 6.54 Å². The highest BCUT2D eigenvalue weighted by Crippen LogP contribution is 2.30. The third-order valence-corrected chi connectivity index (χ3v) is 3.30. The van der Waals surface area contributed by atoms with Crippen molar-refractivity contribution in [1.82, 2.24) is 10.3 Å². The maximum atomic E-state index is 12.0. The van der Waals surface area contributed by atoms with Crippen molar-refractivity contribution >= 4 is 5.91 Å². The molecule has 86 valence electrons. The SMILES string of the molecule is Cc1cccnc1C(=O)NC1(CN)CCC1. The molecule has 0 spiro atoms. The summed E-state index contributed by atoms with van der Waals surface area (Å²) in [6.45, 7) is 2.39. The van der Waals surface area contributed by atoms with Crippen LogP contribution in [-0.2, 0) is 0 Å². The number of aromatic nitrogens is 1. The Balaban J connectivity index is 2.11. The summed E-state index contributed by atoms with van der Waals surface area (Å²) < 4.78 is 0. The number of aryl methyl sites for hydroxylation is 1. The summed E-state index contributed by atoms with van der Waals surface area (Å²) in [5, 5.41) is 3.01. The molecule has 1 aliphatic rings. The van der Waals surface area contributed by atoms with E-state index >= 15 is 0 Å². The molecule has 1 heterocycles. The maximum Gasteiger partial charge on any atom is 0.270 e. The zero-order chi connectivity index (χ0) is 11.6. The van der Waals surface area contributed by atoms with Crippen molar-refractivity contribution in [1.29, 1.82) is 0 Å². The molecule has 1 aliphatic carbocycles. The van der Waals surface area contributed by atoms with Crippen LogP contribution in [0.3, 0.4) is 0 Å². The van der Waals surface area contributed by atoms with E-state index < -0.39 is 0 Å². The molecular formula is C12H17N3O. The fourth-order valence-electron chi connectivity index (χ4n) is 2.01. The van der Waals surface area contributed by atoms with Gasteiger partial charge in [0, 0.05) is 12.7 Å². The molecule has 4 nitrogen and oxygen atoms in total. The monoisotopic (exact) mass is 219 g/mol. The fraction of sp³-hybridized carbons (Fsp3) is 0.500. The molecule has 2 rings (SSSR count). The molecule has 1 amide bonds. The molecule has 1 aromatic rings. The lowest BCUT2D eigenvalue weighted by Gasteiger charge is -2.41.